The number of halogens is 1. The topological polar surface area (TPSA) is 20.2 Å². The second-order valence-electron chi connectivity index (χ2n) is 2.14. The Balaban J connectivity index is 2.72. The molecule has 0 heterocycles. The van der Waals surface area contributed by atoms with E-state index in [4.69, 9.17) is 0 Å². The summed E-state index contributed by atoms with van der Waals surface area (Å²) in [5.74, 6) is 2.71. The van der Waals surface area contributed by atoms with Gasteiger partial charge in [-0.3, -0.25) is 0 Å². The Labute approximate surface area is 88.2 Å². The van der Waals surface area contributed by atoms with Crippen LogP contribution in [-0.2, 0) is 0 Å². The molecule has 1 rings (SSSR count). The molecule has 1 atom stereocenters. The molecule has 12 heavy (non-hydrogen) atoms. The third-order valence-electron chi connectivity index (χ3n) is 1.35. The molecule has 0 aliphatic heterocycles. The third kappa shape index (κ3) is 3.05. The first-order chi connectivity index (χ1) is 5.84. The van der Waals surface area contributed by atoms with Crippen molar-refractivity contribution in [2.24, 2.45) is 0 Å². The van der Waals surface area contributed by atoms with Crippen LogP contribution in [-0.4, -0.2) is 5.11 Å². The van der Waals surface area contributed by atoms with Gasteiger partial charge in [-0.25, -0.2) is 0 Å². The summed E-state index contributed by atoms with van der Waals surface area (Å²) < 4.78 is 0. The van der Waals surface area contributed by atoms with Crippen molar-refractivity contribution < 1.29 is 5.11 Å². The van der Waals surface area contributed by atoms with Crippen LogP contribution in [0.3, 0.4) is 0 Å². The SMILES string of the molecule is OC(C#CSI)c1ccccc1. The van der Waals surface area contributed by atoms with Crippen molar-refractivity contribution in [2.75, 3.05) is 0 Å². The molecule has 0 spiro atoms. The van der Waals surface area contributed by atoms with Crippen molar-refractivity contribution in [3.63, 3.8) is 0 Å². The maximum Gasteiger partial charge on any atom is 0.141 e. The van der Waals surface area contributed by atoms with Crippen molar-refractivity contribution in [1.29, 1.82) is 0 Å². The van der Waals surface area contributed by atoms with Gasteiger partial charge in [0.1, 0.15) is 6.10 Å². The van der Waals surface area contributed by atoms with E-state index in [9.17, 15) is 5.11 Å². The van der Waals surface area contributed by atoms with E-state index < -0.39 is 6.10 Å². The molecular weight excluding hydrogens is 283 g/mol. The fraction of sp³-hybridized carbons (Fsp3) is 0.111. The van der Waals surface area contributed by atoms with Gasteiger partial charge in [0.05, 0.1) is 0 Å². The van der Waals surface area contributed by atoms with Gasteiger partial charge in [0.25, 0.3) is 0 Å². The van der Waals surface area contributed by atoms with Crippen molar-refractivity contribution in [1.82, 2.24) is 0 Å². The van der Waals surface area contributed by atoms with Crippen LogP contribution in [0.2, 0.25) is 0 Å². The average Bonchev–Trinajstić information content (AvgIpc) is 2.15. The number of hydrogen-bond acceptors (Lipinski definition) is 2. The number of benzene rings is 1. The molecule has 1 nitrogen and oxygen atoms in total. The highest BCUT2D eigenvalue weighted by Crippen LogP contribution is 2.13. The lowest BCUT2D eigenvalue weighted by atomic mass is 10.1. The molecule has 0 bridgehead atoms. The average molecular weight is 290 g/mol. The molecule has 0 saturated heterocycles. The summed E-state index contributed by atoms with van der Waals surface area (Å²) in [7, 11) is 1.37. The van der Waals surface area contributed by atoms with Gasteiger partial charge in [0.2, 0.25) is 0 Å². The third-order valence-corrected chi connectivity index (χ3v) is 2.21. The molecule has 1 unspecified atom stereocenters. The lowest BCUT2D eigenvalue weighted by molar-refractivity contribution is 0.238. The van der Waals surface area contributed by atoms with Crippen LogP contribution in [0.1, 0.15) is 11.7 Å². The zero-order chi connectivity index (χ0) is 8.81. The summed E-state index contributed by atoms with van der Waals surface area (Å²) >= 11 is 2.07. The van der Waals surface area contributed by atoms with E-state index in [-0.39, 0.29) is 0 Å². The maximum absolute atomic E-state index is 9.46. The summed E-state index contributed by atoms with van der Waals surface area (Å²) in [5.41, 5.74) is 0.843. The molecule has 1 N–H and O–H groups in total. The molecule has 1 aromatic rings. The standard InChI is InChI=1S/C9H7IOS/c10-12-7-6-9(11)8-4-2-1-3-5-8/h1-5,9,11H. The molecule has 0 aliphatic rings. The minimum absolute atomic E-state index is 0.659. The molecule has 0 aliphatic carbocycles. The zero-order valence-corrected chi connectivity index (χ0v) is 9.17. The smallest absolute Gasteiger partial charge is 0.141 e. The highest BCUT2D eigenvalue weighted by Gasteiger charge is 2.00. The Morgan fingerprint density at radius 3 is 2.58 bits per heavy atom. The molecule has 0 saturated carbocycles. The molecule has 1 aromatic carbocycles. The van der Waals surface area contributed by atoms with Crippen LogP contribution in [0.4, 0.5) is 0 Å². The van der Waals surface area contributed by atoms with Gasteiger partial charge in [-0.1, -0.05) is 36.3 Å². The quantitative estimate of drug-likeness (QED) is 0.634. The van der Waals surface area contributed by atoms with Crippen molar-refractivity contribution >= 4 is 30.1 Å². The van der Waals surface area contributed by atoms with E-state index in [1.807, 2.05) is 30.3 Å². The van der Waals surface area contributed by atoms with E-state index in [1.54, 1.807) is 0 Å². The first-order valence-electron chi connectivity index (χ1n) is 3.35. The van der Waals surface area contributed by atoms with Crippen molar-refractivity contribution in [3.05, 3.63) is 35.9 Å². The van der Waals surface area contributed by atoms with Gasteiger partial charge >= 0.3 is 0 Å². The number of aliphatic hydroxyl groups is 1. The van der Waals surface area contributed by atoms with Crippen LogP contribution in [0, 0.1) is 11.2 Å². The molecule has 0 fully saturated rings. The maximum atomic E-state index is 9.46. The van der Waals surface area contributed by atoms with Crippen LogP contribution < -0.4 is 0 Å². The number of aliphatic hydroxyl groups excluding tert-OH is 1. The Kier molecular flexibility index (Phi) is 4.51. The lowest BCUT2D eigenvalue weighted by Gasteiger charge is -2.00. The molecule has 0 amide bonds. The van der Waals surface area contributed by atoms with Gasteiger partial charge in [-0.05, 0) is 19.7 Å². The molecular formula is C9H7IOS. The first-order valence-corrected chi connectivity index (χ1v) is 6.71. The predicted molar refractivity (Wildman–Crippen MR) is 60.8 cm³/mol. The molecule has 0 aromatic heterocycles. The number of hydrogen-bond donors (Lipinski definition) is 1. The van der Waals surface area contributed by atoms with Crippen molar-refractivity contribution in [3.8, 4) is 11.2 Å². The minimum Gasteiger partial charge on any atom is -0.376 e. The van der Waals surface area contributed by atoms with Gasteiger partial charge in [-0.15, -0.1) is 0 Å². The second kappa shape index (κ2) is 5.46. The fourth-order valence-electron chi connectivity index (χ4n) is 0.797. The second-order valence-corrected chi connectivity index (χ2v) is 3.82. The molecule has 62 valence electrons. The van der Waals surface area contributed by atoms with Crippen LogP contribution in [0.15, 0.2) is 30.3 Å². The van der Waals surface area contributed by atoms with Crippen molar-refractivity contribution in [2.45, 2.75) is 6.10 Å². The van der Waals surface area contributed by atoms with Crippen LogP contribution >= 0.6 is 30.1 Å². The normalized spacial score (nSPS) is 11.5. The molecule has 3 heteroatoms. The van der Waals surface area contributed by atoms with Gasteiger partial charge in [0.15, 0.2) is 0 Å². The Morgan fingerprint density at radius 1 is 1.33 bits per heavy atom. The van der Waals surface area contributed by atoms with Crippen LogP contribution in [0.5, 0.6) is 0 Å². The minimum atomic E-state index is -0.659. The van der Waals surface area contributed by atoms with E-state index in [0.29, 0.717) is 0 Å². The summed E-state index contributed by atoms with van der Waals surface area (Å²) in [4.78, 5) is 0. The van der Waals surface area contributed by atoms with E-state index in [1.165, 1.54) is 8.93 Å². The fourth-order valence-corrected chi connectivity index (χ4v) is 1.33. The summed E-state index contributed by atoms with van der Waals surface area (Å²) in [6.07, 6.45) is -0.659. The Hall–Kier alpha value is -0.180. The van der Waals surface area contributed by atoms with E-state index >= 15 is 0 Å². The summed E-state index contributed by atoms with van der Waals surface area (Å²) in [6.45, 7) is 0. The van der Waals surface area contributed by atoms with Gasteiger partial charge in [-0.2, -0.15) is 0 Å². The van der Waals surface area contributed by atoms with E-state index in [2.05, 4.69) is 32.4 Å². The van der Waals surface area contributed by atoms with E-state index in [0.717, 1.165) is 5.56 Å². The van der Waals surface area contributed by atoms with Gasteiger partial charge in [0, 0.05) is 21.2 Å². The Morgan fingerprint density at radius 2 is 2.00 bits per heavy atom. The first kappa shape index (κ1) is 9.90. The highest BCUT2D eigenvalue weighted by molar-refractivity contribution is 14.2. The highest BCUT2D eigenvalue weighted by atomic mass is 127. The largest absolute Gasteiger partial charge is 0.376 e. The zero-order valence-electron chi connectivity index (χ0n) is 6.20. The Bertz CT molecular complexity index is 288. The van der Waals surface area contributed by atoms with Crippen LogP contribution in [0.25, 0.3) is 0 Å². The molecule has 0 radical (unpaired) electrons. The van der Waals surface area contributed by atoms with Gasteiger partial charge < -0.3 is 5.11 Å². The summed E-state index contributed by atoms with van der Waals surface area (Å²) in [6, 6.07) is 9.40. The number of rotatable bonds is 1. The monoisotopic (exact) mass is 290 g/mol. The predicted octanol–water partition coefficient (Wildman–Crippen LogP) is 2.76. The summed E-state index contributed by atoms with van der Waals surface area (Å²) in [5, 5.41) is 12.2. The lowest BCUT2D eigenvalue weighted by Crippen LogP contribution is -1.91.